The van der Waals surface area contributed by atoms with Crippen molar-refractivity contribution in [2.75, 3.05) is 25.7 Å². The molecule has 3 N–H and O–H groups in total. The first-order chi connectivity index (χ1) is 15.8. The van der Waals surface area contributed by atoms with Crippen LogP contribution >= 0.6 is 11.3 Å². The molecule has 178 valence electrons. The number of ether oxygens (including phenoxy) is 4. The Balaban J connectivity index is 1.52. The van der Waals surface area contributed by atoms with Crippen molar-refractivity contribution in [3.8, 4) is 5.75 Å². The average molecular weight is 483 g/mol. The fraction of sp³-hybridized carbons (Fsp3) is 0.500. The number of amides is 1. The van der Waals surface area contributed by atoms with Gasteiger partial charge in [0.1, 0.15) is 40.6 Å². The zero-order valence-corrected chi connectivity index (χ0v) is 18.7. The molecule has 4 rings (SSSR count). The van der Waals surface area contributed by atoms with Crippen molar-refractivity contribution in [1.29, 1.82) is 0 Å². The fourth-order valence-electron chi connectivity index (χ4n) is 3.89. The summed E-state index contributed by atoms with van der Waals surface area (Å²) in [5, 5.41) is 4.84. The third-order valence-electron chi connectivity index (χ3n) is 5.47. The minimum Gasteiger partial charge on any atom is -0.459 e. The molecule has 2 aromatic heterocycles. The van der Waals surface area contributed by atoms with Crippen LogP contribution in [0, 0.1) is 5.92 Å². The molecule has 0 radical (unpaired) electrons. The second-order valence-electron chi connectivity index (χ2n) is 7.65. The molecule has 2 aromatic rings. The van der Waals surface area contributed by atoms with Crippen LogP contribution in [0.15, 0.2) is 28.7 Å². The second kappa shape index (κ2) is 9.53. The minimum absolute atomic E-state index is 0.0708. The number of amidine groups is 1. The third kappa shape index (κ3) is 4.75. The Hall–Kier alpha value is -2.90. The van der Waals surface area contributed by atoms with E-state index in [1.165, 1.54) is 29.7 Å². The molecule has 1 unspecified atom stereocenters. The number of aliphatic imine (C=N–C) groups is 1. The Kier molecular flexibility index (Phi) is 6.72. The maximum Gasteiger partial charge on any atom is 0.352 e. The summed E-state index contributed by atoms with van der Waals surface area (Å²) < 4.78 is 47.3. The van der Waals surface area contributed by atoms with Gasteiger partial charge in [0.05, 0.1) is 18.9 Å². The van der Waals surface area contributed by atoms with Gasteiger partial charge in [-0.2, -0.15) is 4.39 Å². The number of nitrogens with one attached hydrogen (secondary N) is 1. The highest BCUT2D eigenvalue weighted by atomic mass is 32.1. The van der Waals surface area contributed by atoms with Crippen LogP contribution in [0.2, 0.25) is 0 Å². The SMILES string of the molecule is COC(F)Oc1ccc(C(=O)Nc2csc([C@]34CO[C@@H](C)C[C@H]3[C@@H](CF)OC(N)=N4)n2)nc1. The van der Waals surface area contributed by atoms with Gasteiger partial charge in [-0.25, -0.2) is 19.4 Å². The van der Waals surface area contributed by atoms with E-state index >= 15 is 0 Å². The Morgan fingerprint density at radius 3 is 3.00 bits per heavy atom. The van der Waals surface area contributed by atoms with Crippen LogP contribution < -0.4 is 15.8 Å². The first-order valence-electron chi connectivity index (χ1n) is 10.1. The number of fused-ring (bicyclic) bond motifs is 1. The predicted molar refractivity (Wildman–Crippen MR) is 115 cm³/mol. The molecular weight excluding hydrogens is 460 g/mol. The fourth-order valence-corrected chi connectivity index (χ4v) is 4.83. The number of pyridine rings is 1. The smallest absolute Gasteiger partial charge is 0.352 e. The van der Waals surface area contributed by atoms with Crippen molar-refractivity contribution in [2.45, 2.75) is 37.6 Å². The van der Waals surface area contributed by atoms with Crippen molar-refractivity contribution >= 4 is 29.1 Å². The molecule has 1 saturated heterocycles. The minimum atomic E-state index is -1.94. The van der Waals surface area contributed by atoms with E-state index in [2.05, 4.69) is 25.0 Å². The molecule has 2 aliphatic rings. The number of hydrogen-bond acceptors (Lipinski definition) is 10. The zero-order valence-electron chi connectivity index (χ0n) is 17.9. The van der Waals surface area contributed by atoms with Crippen molar-refractivity contribution in [2.24, 2.45) is 16.6 Å². The monoisotopic (exact) mass is 483 g/mol. The molecule has 13 heteroatoms. The molecule has 2 aliphatic heterocycles. The first-order valence-corrected chi connectivity index (χ1v) is 11.0. The number of alkyl halides is 2. The molecule has 0 bridgehead atoms. The highest BCUT2D eigenvalue weighted by molar-refractivity contribution is 7.10. The van der Waals surface area contributed by atoms with Crippen LogP contribution in [0.5, 0.6) is 5.75 Å². The zero-order chi connectivity index (χ0) is 23.6. The van der Waals surface area contributed by atoms with Crippen LogP contribution in [0.4, 0.5) is 14.6 Å². The van der Waals surface area contributed by atoms with Gasteiger partial charge in [0.2, 0.25) is 0 Å². The Morgan fingerprint density at radius 1 is 1.48 bits per heavy atom. The lowest BCUT2D eigenvalue weighted by Crippen LogP contribution is -2.56. The second-order valence-corrected chi connectivity index (χ2v) is 8.51. The van der Waals surface area contributed by atoms with E-state index in [4.69, 9.17) is 19.9 Å². The normalized spacial score (nSPS) is 27.6. The van der Waals surface area contributed by atoms with E-state index in [9.17, 15) is 13.6 Å². The average Bonchev–Trinajstić information content (AvgIpc) is 3.28. The summed E-state index contributed by atoms with van der Waals surface area (Å²) in [5.74, 6) is -0.477. The number of carbonyl (C=O) groups excluding carboxylic acids is 1. The maximum absolute atomic E-state index is 13.7. The number of aromatic nitrogens is 2. The van der Waals surface area contributed by atoms with Gasteiger partial charge in [-0.1, -0.05) is 0 Å². The van der Waals surface area contributed by atoms with Gasteiger partial charge in [0, 0.05) is 18.4 Å². The molecule has 0 spiro atoms. The summed E-state index contributed by atoms with van der Waals surface area (Å²) in [6, 6.07) is 2.64. The number of anilines is 1. The van der Waals surface area contributed by atoms with Crippen LogP contribution in [0.25, 0.3) is 0 Å². The number of thiazole rings is 1. The number of rotatable bonds is 7. The summed E-state index contributed by atoms with van der Waals surface area (Å²) in [4.78, 5) is 25.5. The van der Waals surface area contributed by atoms with E-state index in [0.717, 1.165) is 7.11 Å². The number of nitrogens with two attached hydrogens (primary N) is 1. The highest BCUT2D eigenvalue weighted by Crippen LogP contribution is 2.47. The molecule has 1 amide bonds. The summed E-state index contributed by atoms with van der Waals surface area (Å²) in [6.07, 6.45) is 0.869. The van der Waals surface area contributed by atoms with Crippen molar-refractivity contribution < 1.29 is 32.5 Å². The Morgan fingerprint density at radius 2 is 2.30 bits per heavy atom. The molecule has 33 heavy (non-hydrogen) atoms. The molecule has 4 heterocycles. The lowest BCUT2D eigenvalue weighted by Gasteiger charge is -2.46. The quantitative estimate of drug-likeness (QED) is 0.574. The molecule has 5 atom stereocenters. The van der Waals surface area contributed by atoms with Crippen LogP contribution in [0.3, 0.4) is 0 Å². The number of hydrogen-bond donors (Lipinski definition) is 2. The van der Waals surface area contributed by atoms with Gasteiger partial charge in [0.25, 0.3) is 11.9 Å². The van der Waals surface area contributed by atoms with Crippen molar-refractivity contribution in [1.82, 2.24) is 9.97 Å². The maximum atomic E-state index is 13.7. The summed E-state index contributed by atoms with van der Waals surface area (Å²) >= 11 is 1.25. The molecule has 10 nitrogen and oxygen atoms in total. The summed E-state index contributed by atoms with van der Waals surface area (Å²) in [5.41, 5.74) is 4.91. The molecule has 0 aliphatic carbocycles. The van der Waals surface area contributed by atoms with Crippen molar-refractivity contribution in [3.05, 3.63) is 34.4 Å². The van der Waals surface area contributed by atoms with E-state index in [1.807, 2.05) is 6.92 Å². The molecule has 0 aromatic carbocycles. The number of carbonyl (C=O) groups is 1. The number of halogens is 2. The Bertz CT molecular complexity index is 1020. The highest BCUT2D eigenvalue weighted by Gasteiger charge is 2.54. The van der Waals surface area contributed by atoms with E-state index in [0.29, 0.717) is 11.4 Å². The van der Waals surface area contributed by atoms with Gasteiger partial charge >= 0.3 is 6.54 Å². The first kappa shape index (κ1) is 23.3. The number of methoxy groups -OCH3 is 1. The number of nitrogens with zero attached hydrogens (tertiary/aromatic N) is 3. The molecule has 0 saturated carbocycles. The predicted octanol–water partition coefficient (Wildman–Crippen LogP) is 2.37. The summed E-state index contributed by atoms with van der Waals surface area (Å²) in [6.45, 7) is -0.585. The van der Waals surface area contributed by atoms with Gasteiger partial charge in [0.15, 0.2) is 0 Å². The summed E-state index contributed by atoms with van der Waals surface area (Å²) in [7, 11) is 1.15. The third-order valence-corrected chi connectivity index (χ3v) is 6.48. The molecular formula is C20H23F2N5O5S. The van der Waals surface area contributed by atoms with Crippen LogP contribution in [0.1, 0.15) is 28.8 Å². The van der Waals surface area contributed by atoms with Crippen molar-refractivity contribution in [3.63, 3.8) is 0 Å². The van der Waals surface area contributed by atoms with Crippen LogP contribution in [-0.4, -0.2) is 61.0 Å². The largest absolute Gasteiger partial charge is 0.459 e. The van der Waals surface area contributed by atoms with Gasteiger partial charge in [-0.05, 0) is 25.5 Å². The van der Waals surface area contributed by atoms with Crippen LogP contribution in [-0.2, 0) is 19.7 Å². The van der Waals surface area contributed by atoms with Gasteiger partial charge < -0.3 is 30.0 Å². The van der Waals surface area contributed by atoms with E-state index < -0.39 is 30.8 Å². The topological polar surface area (TPSA) is 130 Å². The lowest BCUT2D eigenvalue weighted by molar-refractivity contribution is -0.145. The molecule has 1 fully saturated rings. The Labute approximate surface area is 192 Å². The van der Waals surface area contributed by atoms with Gasteiger partial charge in [-0.15, -0.1) is 11.3 Å². The van der Waals surface area contributed by atoms with E-state index in [-0.39, 0.29) is 41.9 Å². The van der Waals surface area contributed by atoms with E-state index in [1.54, 1.807) is 5.38 Å². The standard InChI is InChI=1S/C20H23F2N5O5S/c1-10-5-12-14(6-21)32-19(23)27-20(12,9-30-10)17-26-15(8-33-17)25-16(28)13-4-3-11(7-24-13)31-18(22)29-2/h3-4,7-8,10,12,14,18H,5-6,9H2,1-2H3,(H2,23,27)(H,25,28)/t10-,12-,14+,18?,20-/m0/s1. The van der Waals surface area contributed by atoms with Gasteiger partial charge in [-0.3, -0.25) is 4.79 Å². The lowest BCUT2D eigenvalue weighted by atomic mass is 9.75.